The summed E-state index contributed by atoms with van der Waals surface area (Å²) in [7, 11) is 1.37. The number of anilines is 1. The maximum absolute atomic E-state index is 12.1. The van der Waals surface area contributed by atoms with Crippen LogP contribution in [0.25, 0.3) is 0 Å². The van der Waals surface area contributed by atoms with E-state index in [1.165, 1.54) is 7.11 Å². The minimum absolute atomic E-state index is 0.203. The molecule has 1 atom stereocenters. The molecule has 22 heavy (non-hydrogen) atoms. The molecule has 1 aliphatic rings. The second-order valence-corrected chi connectivity index (χ2v) is 5.24. The molecule has 0 spiro atoms. The molecule has 2 amide bonds. The van der Waals surface area contributed by atoms with Crippen LogP contribution in [0, 0.1) is 0 Å². The lowest BCUT2D eigenvalue weighted by Gasteiger charge is -2.14. The molecular formula is C16H20N2O4. The molecule has 0 aliphatic carbocycles. The Hall–Kier alpha value is -2.37. The van der Waals surface area contributed by atoms with Gasteiger partial charge in [-0.25, -0.2) is 0 Å². The molecule has 6 nitrogen and oxygen atoms in total. The molecule has 0 saturated carbocycles. The smallest absolute Gasteiger partial charge is 0.305 e. The van der Waals surface area contributed by atoms with Crippen molar-refractivity contribution in [3.63, 3.8) is 0 Å². The number of rotatable bonds is 6. The van der Waals surface area contributed by atoms with Crippen molar-refractivity contribution in [3.8, 4) is 0 Å². The molecule has 1 aromatic carbocycles. The van der Waals surface area contributed by atoms with E-state index in [9.17, 15) is 14.4 Å². The number of hydrogen-bond acceptors (Lipinski definition) is 4. The number of benzene rings is 1. The van der Waals surface area contributed by atoms with E-state index in [1.807, 2.05) is 0 Å². The second-order valence-electron chi connectivity index (χ2n) is 5.24. The molecule has 2 rings (SSSR count). The van der Waals surface area contributed by atoms with Gasteiger partial charge in [0.25, 0.3) is 5.91 Å². The van der Waals surface area contributed by atoms with Crippen LogP contribution in [0.15, 0.2) is 24.3 Å². The monoisotopic (exact) mass is 304 g/mol. The quantitative estimate of drug-likeness (QED) is 0.620. The molecule has 0 fully saturated rings. The topological polar surface area (TPSA) is 84.5 Å². The molecule has 0 aromatic heterocycles. The first-order valence-corrected chi connectivity index (χ1v) is 7.39. The normalized spacial score (nSPS) is 17.0. The molecule has 1 aromatic rings. The van der Waals surface area contributed by atoms with Crippen molar-refractivity contribution in [2.75, 3.05) is 12.4 Å². The Balaban J connectivity index is 1.85. The number of methoxy groups -OCH3 is 1. The van der Waals surface area contributed by atoms with E-state index in [2.05, 4.69) is 15.4 Å². The SMILES string of the molecule is COC(=O)CCCCCC1NC(=O)c2ccccc2NC1=O. The first-order chi connectivity index (χ1) is 10.6. The van der Waals surface area contributed by atoms with E-state index in [0.29, 0.717) is 24.1 Å². The summed E-state index contributed by atoms with van der Waals surface area (Å²) in [4.78, 5) is 35.3. The third kappa shape index (κ3) is 4.07. The lowest BCUT2D eigenvalue weighted by Crippen LogP contribution is -2.41. The number of esters is 1. The van der Waals surface area contributed by atoms with Crippen LogP contribution >= 0.6 is 0 Å². The highest BCUT2D eigenvalue weighted by atomic mass is 16.5. The van der Waals surface area contributed by atoms with Crippen LogP contribution in [0.2, 0.25) is 0 Å². The van der Waals surface area contributed by atoms with Crippen LogP contribution in [0.1, 0.15) is 42.5 Å². The maximum Gasteiger partial charge on any atom is 0.305 e. The van der Waals surface area contributed by atoms with Crippen molar-refractivity contribution in [2.45, 2.75) is 38.1 Å². The molecular weight excluding hydrogens is 284 g/mol. The van der Waals surface area contributed by atoms with Crippen LogP contribution in [0.5, 0.6) is 0 Å². The van der Waals surface area contributed by atoms with Gasteiger partial charge in [0.15, 0.2) is 0 Å². The predicted octanol–water partition coefficient (Wildman–Crippen LogP) is 1.86. The third-order valence-corrected chi connectivity index (χ3v) is 3.65. The second kappa shape index (κ2) is 7.59. The largest absolute Gasteiger partial charge is 0.469 e. The van der Waals surface area contributed by atoms with Crippen molar-refractivity contribution < 1.29 is 19.1 Å². The summed E-state index contributed by atoms with van der Waals surface area (Å²) < 4.78 is 4.57. The summed E-state index contributed by atoms with van der Waals surface area (Å²) in [5, 5.41) is 5.53. The average Bonchev–Trinajstić information content (AvgIpc) is 2.64. The Morgan fingerprint density at radius 1 is 1.18 bits per heavy atom. The summed E-state index contributed by atoms with van der Waals surface area (Å²) in [5.74, 6) is -0.671. The van der Waals surface area contributed by atoms with Crippen LogP contribution in [0.4, 0.5) is 5.69 Å². The number of ether oxygens (including phenoxy) is 1. The minimum atomic E-state index is -0.543. The number of unbranched alkanes of at least 4 members (excludes halogenated alkanes) is 2. The van der Waals surface area contributed by atoms with Gasteiger partial charge in [-0.05, 0) is 25.0 Å². The van der Waals surface area contributed by atoms with Crippen LogP contribution < -0.4 is 10.6 Å². The molecule has 0 bridgehead atoms. The van der Waals surface area contributed by atoms with Crippen molar-refractivity contribution in [1.29, 1.82) is 0 Å². The maximum atomic E-state index is 12.1. The van der Waals surface area contributed by atoms with E-state index >= 15 is 0 Å². The van der Waals surface area contributed by atoms with Crippen LogP contribution in [0.3, 0.4) is 0 Å². The van der Waals surface area contributed by atoms with Crippen molar-refractivity contribution in [1.82, 2.24) is 5.32 Å². The highest BCUT2D eigenvalue weighted by Crippen LogP contribution is 2.19. The lowest BCUT2D eigenvalue weighted by atomic mass is 10.1. The highest BCUT2D eigenvalue weighted by molar-refractivity contribution is 6.09. The van der Waals surface area contributed by atoms with Gasteiger partial charge in [-0.3, -0.25) is 14.4 Å². The Labute approximate surface area is 129 Å². The fraction of sp³-hybridized carbons (Fsp3) is 0.438. The highest BCUT2D eigenvalue weighted by Gasteiger charge is 2.26. The summed E-state index contributed by atoms with van der Waals surface area (Å²) in [6.07, 6.45) is 3.21. The van der Waals surface area contributed by atoms with Gasteiger partial charge < -0.3 is 15.4 Å². The zero-order chi connectivity index (χ0) is 15.9. The van der Waals surface area contributed by atoms with Gasteiger partial charge in [0.1, 0.15) is 6.04 Å². The number of amides is 2. The van der Waals surface area contributed by atoms with Gasteiger partial charge >= 0.3 is 5.97 Å². The fourth-order valence-electron chi connectivity index (χ4n) is 2.41. The van der Waals surface area contributed by atoms with Gasteiger partial charge in [-0.1, -0.05) is 25.0 Å². The van der Waals surface area contributed by atoms with E-state index in [0.717, 1.165) is 19.3 Å². The van der Waals surface area contributed by atoms with Crippen molar-refractivity contribution >= 4 is 23.5 Å². The summed E-state index contributed by atoms with van der Waals surface area (Å²) in [6.45, 7) is 0. The zero-order valence-electron chi connectivity index (χ0n) is 12.6. The van der Waals surface area contributed by atoms with E-state index in [4.69, 9.17) is 0 Å². The zero-order valence-corrected chi connectivity index (χ0v) is 12.6. The number of carbonyl (C=O) groups excluding carboxylic acids is 3. The molecule has 2 N–H and O–H groups in total. The Morgan fingerprint density at radius 3 is 2.73 bits per heavy atom. The summed E-state index contributed by atoms with van der Waals surface area (Å²) in [6, 6.07) is 6.39. The summed E-state index contributed by atoms with van der Waals surface area (Å²) >= 11 is 0. The number of fused-ring (bicyclic) bond motifs is 1. The minimum Gasteiger partial charge on any atom is -0.469 e. The first kappa shape index (κ1) is 16.0. The van der Waals surface area contributed by atoms with Crippen molar-refractivity contribution in [3.05, 3.63) is 29.8 Å². The molecule has 1 unspecified atom stereocenters. The van der Waals surface area contributed by atoms with Gasteiger partial charge in [0.05, 0.1) is 18.4 Å². The number of nitrogens with one attached hydrogen (secondary N) is 2. The fourth-order valence-corrected chi connectivity index (χ4v) is 2.41. The molecule has 1 aliphatic heterocycles. The first-order valence-electron chi connectivity index (χ1n) is 7.39. The van der Waals surface area contributed by atoms with E-state index in [-0.39, 0.29) is 17.8 Å². The average molecular weight is 304 g/mol. The van der Waals surface area contributed by atoms with Gasteiger partial charge in [-0.15, -0.1) is 0 Å². The summed E-state index contributed by atoms with van der Waals surface area (Å²) in [5.41, 5.74) is 1.02. The Bertz CT molecular complexity index is 571. The molecule has 6 heteroatoms. The lowest BCUT2D eigenvalue weighted by molar-refractivity contribution is -0.140. The van der Waals surface area contributed by atoms with Crippen LogP contribution in [-0.2, 0) is 14.3 Å². The standard InChI is InChI=1S/C16H20N2O4/c1-22-14(19)10-4-2-3-9-13-16(21)17-12-8-6-5-7-11(12)15(20)18-13/h5-8,13H,2-4,9-10H2,1H3,(H,17,21)(H,18,20). The Kier molecular flexibility index (Phi) is 5.52. The number of hydrogen-bond donors (Lipinski definition) is 2. The third-order valence-electron chi connectivity index (χ3n) is 3.65. The predicted molar refractivity (Wildman–Crippen MR) is 81.4 cm³/mol. The molecule has 118 valence electrons. The molecule has 0 saturated heterocycles. The molecule has 0 radical (unpaired) electrons. The van der Waals surface area contributed by atoms with Gasteiger partial charge in [-0.2, -0.15) is 0 Å². The number of para-hydroxylation sites is 1. The van der Waals surface area contributed by atoms with E-state index < -0.39 is 6.04 Å². The van der Waals surface area contributed by atoms with Gasteiger partial charge in [0.2, 0.25) is 5.91 Å². The van der Waals surface area contributed by atoms with E-state index in [1.54, 1.807) is 24.3 Å². The number of carbonyl (C=O) groups is 3. The van der Waals surface area contributed by atoms with Crippen molar-refractivity contribution in [2.24, 2.45) is 0 Å². The van der Waals surface area contributed by atoms with Gasteiger partial charge in [0, 0.05) is 6.42 Å². The van der Waals surface area contributed by atoms with Crippen LogP contribution in [-0.4, -0.2) is 30.9 Å². The Morgan fingerprint density at radius 2 is 1.95 bits per heavy atom. The molecule has 1 heterocycles.